The SMILES string of the molecule is CCC(C#N)NC(=O)c1cc(Cl)ccc1C. The first-order valence-electron chi connectivity index (χ1n) is 5.05. The Balaban J connectivity index is 2.89. The van der Waals surface area contributed by atoms with Crippen LogP contribution in [0, 0.1) is 18.3 Å². The minimum absolute atomic E-state index is 0.256. The van der Waals surface area contributed by atoms with Gasteiger partial charge in [0.1, 0.15) is 6.04 Å². The molecule has 84 valence electrons. The molecule has 0 spiro atoms. The fourth-order valence-corrected chi connectivity index (χ4v) is 1.47. The van der Waals surface area contributed by atoms with Gasteiger partial charge in [0.15, 0.2) is 0 Å². The van der Waals surface area contributed by atoms with E-state index in [1.807, 2.05) is 19.9 Å². The second kappa shape index (κ2) is 5.53. The van der Waals surface area contributed by atoms with Crippen LogP contribution in [0.4, 0.5) is 0 Å². The molecular weight excluding hydrogens is 224 g/mol. The normalized spacial score (nSPS) is 11.6. The monoisotopic (exact) mass is 236 g/mol. The van der Waals surface area contributed by atoms with Crippen LogP contribution < -0.4 is 5.32 Å². The number of hydrogen-bond donors (Lipinski definition) is 1. The molecule has 16 heavy (non-hydrogen) atoms. The lowest BCUT2D eigenvalue weighted by molar-refractivity contribution is 0.0944. The average molecular weight is 237 g/mol. The summed E-state index contributed by atoms with van der Waals surface area (Å²) in [6.07, 6.45) is 0.585. The molecule has 0 fully saturated rings. The molecule has 0 radical (unpaired) electrons. The summed E-state index contributed by atoms with van der Waals surface area (Å²) in [5.41, 5.74) is 1.36. The van der Waals surface area contributed by atoms with Crippen molar-refractivity contribution < 1.29 is 4.79 Å². The molecule has 0 saturated heterocycles. The van der Waals surface area contributed by atoms with Gasteiger partial charge >= 0.3 is 0 Å². The van der Waals surface area contributed by atoms with Crippen LogP contribution in [-0.2, 0) is 0 Å². The lowest BCUT2D eigenvalue weighted by Crippen LogP contribution is -2.33. The number of rotatable bonds is 3. The summed E-state index contributed by atoms with van der Waals surface area (Å²) in [7, 11) is 0. The van der Waals surface area contributed by atoms with E-state index in [9.17, 15) is 4.79 Å². The molecule has 0 bridgehead atoms. The Kier molecular flexibility index (Phi) is 4.33. The van der Waals surface area contributed by atoms with Gasteiger partial charge in [0.05, 0.1) is 6.07 Å². The highest BCUT2D eigenvalue weighted by Gasteiger charge is 2.13. The zero-order valence-electron chi connectivity index (χ0n) is 9.25. The van der Waals surface area contributed by atoms with Gasteiger partial charge < -0.3 is 5.32 Å². The molecule has 0 heterocycles. The summed E-state index contributed by atoms with van der Waals surface area (Å²) in [5, 5.41) is 11.9. The lowest BCUT2D eigenvalue weighted by atomic mass is 10.1. The second-order valence-corrected chi connectivity index (χ2v) is 3.96. The molecule has 3 nitrogen and oxygen atoms in total. The number of amides is 1. The van der Waals surface area contributed by atoms with Gasteiger partial charge in [0.25, 0.3) is 5.91 Å². The van der Waals surface area contributed by atoms with Gasteiger partial charge in [-0.3, -0.25) is 4.79 Å². The van der Waals surface area contributed by atoms with E-state index in [1.165, 1.54) is 0 Å². The molecule has 1 rings (SSSR count). The van der Waals surface area contributed by atoms with Gasteiger partial charge in [-0.25, -0.2) is 0 Å². The van der Waals surface area contributed by atoms with Crippen LogP contribution in [0.5, 0.6) is 0 Å². The highest BCUT2D eigenvalue weighted by Crippen LogP contribution is 2.15. The van der Waals surface area contributed by atoms with Crippen molar-refractivity contribution in [2.45, 2.75) is 26.3 Å². The summed E-state index contributed by atoms with van der Waals surface area (Å²) in [5.74, 6) is -0.256. The van der Waals surface area contributed by atoms with Crippen molar-refractivity contribution in [3.8, 4) is 6.07 Å². The summed E-state index contributed by atoms with van der Waals surface area (Å²) in [4.78, 5) is 11.8. The topological polar surface area (TPSA) is 52.9 Å². The van der Waals surface area contributed by atoms with E-state index >= 15 is 0 Å². The third kappa shape index (κ3) is 2.98. The molecule has 1 N–H and O–H groups in total. The Labute approximate surface area is 100 Å². The Morgan fingerprint density at radius 3 is 2.88 bits per heavy atom. The predicted molar refractivity (Wildman–Crippen MR) is 63.3 cm³/mol. The van der Waals surface area contributed by atoms with E-state index in [4.69, 9.17) is 16.9 Å². The van der Waals surface area contributed by atoms with Crippen LogP contribution in [0.1, 0.15) is 29.3 Å². The Morgan fingerprint density at radius 1 is 1.62 bits per heavy atom. The van der Waals surface area contributed by atoms with Gasteiger partial charge in [-0.1, -0.05) is 24.6 Å². The molecule has 0 aliphatic carbocycles. The number of nitrogens with zero attached hydrogens (tertiary/aromatic N) is 1. The van der Waals surface area contributed by atoms with Crippen LogP contribution in [-0.4, -0.2) is 11.9 Å². The van der Waals surface area contributed by atoms with Gasteiger partial charge in [0.2, 0.25) is 0 Å². The fraction of sp³-hybridized carbons (Fsp3) is 0.333. The summed E-state index contributed by atoms with van der Waals surface area (Å²) in [6.45, 7) is 3.68. The van der Waals surface area contributed by atoms with Crippen molar-refractivity contribution in [2.24, 2.45) is 0 Å². The van der Waals surface area contributed by atoms with E-state index in [2.05, 4.69) is 5.32 Å². The van der Waals surface area contributed by atoms with Crippen molar-refractivity contribution in [3.63, 3.8) is 0 Å². The molecule has 4 heteroatoms. The van der Waals surface area contributed by atoms with Crippen LogP contribution in [0.25, 0.3) is 0 Å². The van der Waals surface area contributed by atoms with Crippen molar-refractivity contribution in [2.75, 3.05) is 0 Å². The standard InChI is InChI=1S/C12H13ClN2O/c1-3-10(7-14)15-12(16)11-6-9(13)5-4-8(11)2/h4-6,10H,3H2,1-2H3,(H,15,16). The maximum atomic E-state index is 11.8. The van der Waals surface area contributed by atoms with Crippen molar-refractivity contribution in [1.82, 2.24) is 5.32 Å². The first-order valence-corrected chi connectivity index (χ1v) is 5.43. The van der Waals surface area contributed by atoms with Crippen LogP contribution in [0.2, 0.25) is 5.02 Å². The minimum Gasteiger partial charge on any atom is -0.336 e. The maximum Gasteiger partial charge on any atom is 0.252 e. The molecule has 0 saturated carbocycles. The van der Waals surface area contributed by atoms with E-state index in [0.29, 0.717) is 17.0 Å². The zero-order valence-corrected chi connectivity index (χ0v) is 10.0. The molecule has 1 aromatic carbocycles. The first kappa shape index (κ1) is 12.5. The molecular formula is C12H13ClN2O. The van der Waals surface area contributed by atoms with Gasteiger partial charge in [-0.2, -0.15) is 5.26 Å². The number of aryl methyl sites for hydroxylation is 1. The maximum absolute atomic E-state index is 11.8. The highest BCUT2D eigenvalue weighted by molar-refractivity contribution is 6.31. The van der Waals surface area contributed by atoms with E-state index in [-0.39, 0.29) is 5.91 Å². The third-order valence-corrected chi connectivity index (χ3v) is 2.55. The molecule has 1 atom stereocenters. The smallest absolute Gasteiger partial charge is 0.252 e. The van der Waals surface area contributed by atoms with E-state index in [0.717, 1.165) is 5.56 Å². The Bertz CT molecular complexity index is 437. The van der Waals surface area contributed by atoms with Crippen LogP contribution in [0.3, 0.4) is 0 Å². The average Bonchev–Trinajstić information content (AvgIpc) is 2.28. The number of carbonyl (C=O) groups is 1. The largest absolute Gasteiger partial charge is 0.336 e. The van der Waals surface area contributed by atoms with Crippen molar-refractivity contribution in [3.05, 3.63) is 34.3 Å². The highest BCUT2D eigenvalue weighted by atomic mass is 35.5. The Hall–Kier alpha value is -1.53. The van der Waals surface area contributed by atoms with E-state index < -0.39 is 6.04 Å². The van der Waals surface area contributed by atoms with Gasteiger partial charge in [-0.05, 0) is 31.0 Å². The number of nitrogens with one attached hydrogen (secondary N) is 1. The number of carbonyl (C=O) groups excluding carboxylic acids is 1. The number of hydrogen-bond acceptors (Lipinski definition) is 2. The van der Waals surface area contributed by atoms with Gasteiger partial charge in [0, 0.05) is 10.6 Å². The second-order valence-electron chi connectivity index (χ2n) is 3.52. The van der Waals surface area contributed by atoms with Crippen molar-refractivity contribution in [1.29, 1.82) is 5.26 Å². The van der Waals surface area contributed by atoms with Crippen LogP contribution >= 0.6 is 11.6 Å². The van der Waals surface area contributed by atoms with Gasteiger partial charge in [-0.15, -0.1) is 0 Å². The van der Waals surface area contributed by atoms with Crippen molar-refractivity contribution >= 4 is 17.5 Å². The summed E-state index contributed by atoms with van der Waals surface area (Å²) < 4.78 is 0. The quantitative estimate of drug-likeness (QED) is 0.877. The summed E-state index contributed by atoms with van der Waals surface area (Å²) in [6, 6.07) is 6.69. The van der Waals surface area contributed by atoms with E-state index in [1.54, 1.807) is 18.2 Å². The first-order chi connectivity index (χ1) is 7.58. The van der Waals surface area contributed by atoms with Crippen LogP contribution in [0.15, 0.2) is 18.2 Å². The summed E-state index contributed by atoms with van der Waals surface area (Å²) >= 11 is 5.82. The molecule has 0 aliphatic rings. The molecule has 0 aliphatic heterocycles. The molecule has 1 amide bonds. The number of halogens is 1. The predicted octanol–water partition coefficient (Wildman–Crippen LogP) is 2.68. The minimum atomic E-state index is -0.453. The molecule has 1 aromatic rings. The Morgan fingerprint density at radius 2 is 2.31 bits per heavy atom. The fourth-order valence-electron chi connectivity index (χ4n) is 1.30. The molecule has 1 unspecified atom stereocenters. The number of nitriles is 1. The molecule has 0 aromatic heterocycles. The number of benzene rings is 1. The third-order valence-electron chi connectivity index (χ3n) is 2.31. The lowest BCUT2D eigenvalue weighted by Gasteiger charge is -2.11. The zero-order chi connectivity index (χ0) is 12.1.